The van der Waals surface area contributed by atoms with Crippen molar-refractivity contribution in [3.8, 4) is 0 Å². The van der Waals surface area contributed by atoms with Crippen LogP contribution in [-0.2, 0) is 11.3 Å². The van der Waals surface area contributed by atoms with E-state index in [1.165, 1.54) is 11.1 Å². The van der Waals surface area contributed by atoms with Crippen LogP contribution >= 0.6 is 0 Å². The largest absolute Gasteiger partial charge is 0.444 e. The highest BCUT2D eigenvalue weighted by atomic mass is 16.6. The molecule has 0 fully saturated rings. The van der Waals surface area contributed by atoms with E-state index < -0.39 is 5.60 Å². The highest BCUT2D eigenvalue weighted by molar-refractivity contribution is 5.67. The minimum absolute atomic E-state index is 0.276. The van der Waals surface area contributed by atoms with E-state index >= 15 is 0 Å². The number of aromatic nitrogens is 1. The SMILES string of the molecule is Cc1ccncc1CNCC(C)CN(C)C(=O)OC(C)(C)C. The van der Waals surface area contributed by atoms with Crippen LogP contribution in [0.5, 0.6) is 0 Å². The minimum Gasteiger partial charge on any atom is -0.444 e. The van der Waals surface area contributed by atoms with Gasteiger partial charge in [-0.2, -0.15) is 0 Å². The Morgan fingerprint density at radius 3 is 2.73 bits per heavy atom. The molecule has 124 valence electrons. The summed E-state index contributed by atoms with van der Waals surface area (Å²) in [6, 6.07) is 2.01. The topological polar surface area (TPSA) is 54.5 Å². The van der Waals surface area contributed by atoms with Gasteiger partial charge in [0.2, 0.25) is 0 Å². The summed E-state index contributed by atoms with van der Waals surface area (Å²) in [5.74, 6) is 0.342. The lowest BCUT2D eigenvalue weighted by Crippen LogP contribution is -2.38. The summed E-state index contributed by atoms with van der Waals surface area (Å²) in [7, 11) is 1.77. The van der Waals surface area contributed by atoms with Crippen LogP contribution in [0.25, 0.3) is 0 Å². The first kappa shape index (κ1) is 18.4. The molecule has 0 aliphatic carbocycles. The molecule has 0 bridgehead atoms. The number of amides is 1. The molecular formula is C17H29N3O2. The van der Waals surface area contributed by atoms with Crippen molar-refractivity contribution in [2.75, 3.05) is 20.1 Å². The Morgan fingerprint density at radius 2 is 2.14 bits per heavy atom. The first-order valence-corrected chi connectivity index (χ1v) is 7.73. The van der Waals surface area contributed by atoms with Crippen molar-refractivity contribution in [3.05, 3.63) is 29.6 Å². The van der Waals surface area contributed by atoms with E-state index in [4.69, 9.17) is 4.74 Å². The van der Waals surface area contributed by atoms with Gasteiger partial charge in [-0.15, -0.1) is 0 Å². The van der Waals surface area contributed by atoms with E-state index in [1.54, 1.807) is 18.1 Å². The van der Waals surface area contributed by atoms with E-state index in [0.29, 0.717) is 12.5 Å². The molecule has 1 heterocycles. The second kappa shape index (κ2) is 8.13. The molecule has 5 nitrogen and oxygen atoms in total. The Kier molecular flexibility index (Phi) is 6.81. The van der Waals surface area contributed by atoms with Gasteiger partial charge in [0.05, 0.1) is 0 Å². The van der Waals surface area contributed by atoms with Crippen LogP contribution in [0.4, 0.5) is 4.79 Å². The van der Waals surface area contributed by atoms with Gasteiger partial charge in [-0.3, -0.25) is 4.98 Å². The van der Waals surface area contributed by atoms with Crippen LogP contribution < -0.4 is 5.32 Å². The second-order valence-electron chi connectivity index (χ2n) is 6.90. The maximum atomic E-state index is 11.9. The molecule has 22 heavy (non-hydrogen) atoms. The first-order valence-electron chi connectivity index (χ1n) is 7.73. The van der Waals surface area contributed by atoms with Gasteiger partial charge in [-0.05, 0) is 57.4 Å². The first-order chi connectivity index (χ1) is 10.2. The average molecular weight is 307 g/mol. The molecule has 0 spiro atoms. The fourth-order valence-corrected chi connectivity index (χ4v) is 2.08. The lowest BCUT2D eigenvalue weighted by atomic mass is 10.1. The molecule has 0 saturated carbocycles. The molecule has 1 N–H and O–H groups in total. The smallest absolute Gasteiger partial charge is 0.410 e. The van der Waals surface area contributed by atoms with Gasteiger partial charge >= 0.3 is 6.09 Å². The van der Waals surface area contributed by atoms with E-state index in [9.17, 15) is 4.79 Å². The predicted octanol–water partition coefficient (Wildman–Crippen LogP) is 2.98. The monoisotopic (exact) mass is 307 g/mol. The third-order valence-corrected chi connectivity index (χ3v) is 3.25. The van der Waals surface area contributed by atoms with E-state index in [-0.39, 0.29) is 6.09 Å². The molecule has 1 unspecified atom stereocenters. The van der Waals surface area contributed by atoms with Gasteiger partial charge in [0.15, 0.2) is 0 Å². The molecule has 0 aliphatic heterocycles. The Balaban J connectivity index is 2.32. The third-order valence-electron chi connectivity index (χ3n) is 3.25. The van der Waals surface area contributed by atoms with Crippen LogP contribution in [0.3, 0.4) is 0 Å². The lowest BCUT2D eigenvalue weighted by Gasteiger charge is -2.26. The molecule has 0 aliphatic rings. The van der Waals surface area contributed by atoms with Gasteiger partial charge in [-0.25, -0.2) is 4.79 Å². The van der Waals surface area contributed by atoms with E-state index in [0.717, 1.165) is 13.1 Å². The molecule has 1 rings (SSSR count). The van der Waals surface area contributed by atoms with Crippen molar-refractivity contribution in [3.63, 3.8) is 0 Å². The van der Waals surface area contributed by atoms with Crippen LogP contribution in [0, 0.1) is 12.8 Å². The summed E-state index contributed by atoms with van der Waals surface area (Å²) in [6.45, 7) is 12.1. The molecule has 0 radical (unpaired) electrons. The summed E-state index contributed by atoms with van der Waals surface area (Å²) >= 11 is 0. The highest BCUT2D eigenvalue weighted by Gasteiger charge is 2.20. The number of carbonyl (C=O) groups excluding carboxylic acids is 1. The fraction of sp³-hybridized carbons (Fsp3) is 0.647. The van der Waals surface area contributed by atoms with Crippen molar-refractivity contribution in [1.82, 2.24) is 15.2 Å². The molecule has 1 aromatic rings. The number of hydrogen-bond donors (Lipinski definition) is 1. The van der Waals surface area contributed by atoms with Crippen molar-refractivity contribution in [2.24, 2.45) is 5.92 Å². The zero-order valence-corrected chi connectivity index (χ0v) is 14.6. The minimum atomic E-state index is -0.454. The summed E-state index contributed by atoms with van der Waals surface area (Å²) < 4.78 is 5.35. The van der Waals surface area contributed by atoms with Crippen molar-refractivity contribution in [1.29, 1.82) is 0 Å². The van der Waals surface area contributed by atoms with E-state index in [1.807, 2.05) is 33.0 Å². The van der Waals surface area contributed by atoms with Gasteiger partial charge in [0.25, 0.3) is 0 Å². The van der Waals surface area contributed by atoms with Gasteiger partial charge in [-0.1, -0.05) is 6.92 Å². The Labute approximate surface area is 134 Å². The Bertz CT molecular complexity index is 483. The fourth-order valence-electron chi connectivity index (χ4n) is 2.08. The maximum absolute atomic E-state index is 11.9. The molecule has 1 aromatic heterocycles. The predicted molar refractivity (Wildman–Crippen MR) is 88.7 cm³/mol. The van der Waals surface area contributed by atoms with Crippen molar-refractivity contribution in [2.45, 2.75) is 46.8 Å². The van der Waals surface area contributed by atoms with Crippen molar-refractivity contribution < 1.29 is 9.53 Å². The molecule has 1 atom stereocenters. The molecule has 5 heteroatoms. The number of aryl methyl sites for hydroxylation is 1. The standard InChI is InChI=1S/C17H29N3O2/c1-13(12-20(6)16(21)22-17(3,4)5)9-19-11-15-10-18-8-7-14(15)2/h7-8,10,13,19H,9,11-12H2,1-6H3. The van der Waals surface area contributed by atoms with Gasteiger partial charge < -0.3 is 15.0 Å². The number of rotatable bonds is 6. The average Bonchev–Trinajstić information content (AvgIpc) is 2.39. The summed E-state index contributed by atoms with van der Waals surface area (Å²) in [5.41, 5.74) is 1.99. The van der Waals surface area contributed by atoms with Crippen LogP contribution in [0.1, 0.15) is 38.8 Å². The molecule has 0 aromatic carbocycles. The van der Waals surface area contributed by atoms with Gasteiger partial charge in [0, 0.05) is 32.5 Å². The number of nitrogens with one attached hydrogen (secondary N) is 1. The lowest BCUT2D eigenvalue weighted by molar-refractivity contribution is 0.0277. The normalized spacial score (nSPS) is 12.8. The van der Waals surface area contributed by atoms with Crippen LogP contribution in [-0.4, -0.2) is 41.7 Å². The number of hydrogen-bond acceptors (Lipinski definition) is 4. The summed E-state index contributed by atoms with van der Waals surface area (Å²) in [4.78, 5) is 17.7. The zero-order chi connectivity index (χ0) is 16.8. The van der Waals surface area contributed by atoms with Crippen LogP contribution in [0.15, 0.2) is 18.5 Å². The number of ether oxygens (including phenoxy) is 1. The van der Waals surface area contributed by atoms with Crippen LogP contribution in [0.2, 0.25) is 0 Å². The number of pyridine rings is 1. The number of carbonyl (C=O) groups is 1. The molecule has 0 saturated heterocycles. The zero-order valence-electron chi connectivity index (χ0n) is 14.6. The second-order valence-corrected chi connectivity index (χ2v) is 6.90. The maximum Gasteiger partial charge on any atom is 0.410 e. The van der Waals surface area contributed by atoms with Gasteiger partial charge in [0.1, 0.15) is 5.60 Å². The number of nitrogens with zero attached hydrogens (tertiary/aromatic N) is 2. The quantitative estimate of drug-likeness (QED) is 0.878. The van der Waals surface area contributed by atoms with E-state index in [2.05, 4.69) is 24.1 Å². The summed E-state index contributed by atoms with van der Waals surface area (Å²) in [5, 5.41) is 3.42. The van der Waals surface area contributed by atoms with Crippen molar-refractivity contribution >= 4 is 6.09 Å². The molecular weight excluding hydrogens is 278 g/mol. The summed E-state index contributed by atoms with van der Waals surface area (Å²) in [6.07, 6.45) is 3.42. The third kappa shape index (κ3) is 6.89. The molecule has 1 amide bonds. The highest BCUT2D eigenvalue weighted by Crippen LogP contribution is 2.10. The Hall–Kier alpha value is -1.62. The Morgan fingerprint density at radius 1 is 1.45 bits per heavy atom.